The summed E-state index contributed by atoms with van der Waals surface area (Å²) < 4.78 is 44.4. The SMILES string of the molecule is CCOC(=O)Cn1nnc(C(=O)c2cccs2)c1C(F)(F)F. The molecular weight excluding hydrogens is 323 g/mol. The van der Waals surface area contributed by atoms with Crippen LogP contribution in [0.3, 0.4) is 0 Å². The minimum Gasteiger partial charge on any atom is -0.465 e. The lowest BCUT2D eigenvalue weighted by atomic mass is 10.2. The van der Waals surface area contributed by atoms with E-state index in [1.165, 1.54) is 19.1 Å². The first kappa shape index (κ1) is 16.1. The molecule has 0 aromatic carbocycles. The molecule has 0 aliphatic rings. The number of esters is 1. The highest BCUT2D eigenvalue weighted by molar-refractivity contribution is 7.12. The van der Waals surface area contributed by atoms with Crippen LogP contribution in [-0.2, 0) is 22.3 Å². The van der Waals surface area contributed by atoms with Crippen molar-refractivity contribution in [2.24, 2.45) is 0 Å². The van der Waals surface area contributed by atoms with Gasteiger partial charge in [-0.1, -0.05) is 11.3 Å². The molecule has 0 spiro atoms. The number of ketones is 1. The number of thiophene rings is 1. The topological polar surface area (TPSA) is 74.1 Å². The zero-order valence-corrected chi connectivity index (χ0v) is 12.1. The molecule has 10 heteroatoms. The van der Waals surface area contributed by atoms with Crippen molar-refractivity contribution in [3.8, 4) is 0 Å². The van der Waals surface area contributed by atoms with Crippen molar-refractivity contribution in [3.05, 3.63) is 33.8 Å². The third kappa shape index (κ3) is 3.32. The second-order valence-electron chi connectivity index (χ2n) is 4.05. The minimum atomic E-state index is -4.88. The molecule has 0 aliphatic heterocycles. The summed E-state index contributed by atoms with van der Waals surface area (Å²) in [4.78, 5) is 23.5. The highest BCUT2D eigenvalue weighted by Gasteiger charge is 2.42. The Morgan fingerprint density at radius 2 is 2.14 bits per heavy atom. The van der Waals surface area contributed by atoms with Crippen molar-refractivity contribution in [1.29, 1.82) is 0 Å². The van der Waals surface area contributed by atoms with Crippen LogP contribution in [0.4, 0.5) is 13.2 Å². The van der Waals surface area contributed by atoms with Gasteiger partial charge in [0.1, 0.15) is 6.54 Å². The Morgan fingerprint density at radius 3 is 2.68 bits per heavy atom. The normalized spacial score (nSPS) is 11.5. The van der Waals surface area contributed by atoms with Crippen LogP contribution in [0.1, 0.15) is 28.0 Å². The van der Waals surface area contributed by atoms with E-state index in [4.69, 9.17) is 0 Å². The first-order chi connectivity index (χ1) is 10.3. The Kier molecular flexibility index (Phi) is 4.59. The Hall–Kier alpha value is -2.23. The first-order valence-corrected chi connectivity index (χ1v) is 6.97. The molecule has 22 heavy (non-hydrogen) atoms. The van der Waals surface area contributed by atoms with Gasteiger partial charge in [0.15, 0.2) is 11.4 Å². The molecular formula is C12H10F3N3O3S. The Balaban J connectivity index is 2.41. The second-order valence-corrected chi connectivity index (χ2v) is 5.00. The van der Waals surface area contributed by atoms with Gasteiger partial charge in [-0.05, 0) is 18.4 Å². The Labute approximate surface area is 126 Å². The monoisotopic (exact) mass is 333 g/mol. The lowest BCUT2D eigenvalue weighted by molar-refractivity contribution is -0.149. The molecule has 0 radical (unpaired) electrons. The van der Waals surface area contributed by atoms with E-state index < -0.39 is 35.9 Å². The van der Waals surface area contributed by atoms with Crippen LogP contribution >= 0.6 is 11.3 Å². The standard InChI is InChI=1S/C12H10F3N3O3S/c1-2-21-8(19)6-18-11(12(13,14)15)9(16-17-18)10(20)7-4-3-5-22-7/h3-5H,2,6H2,1H3. The van der Waals surface area contributed by atoms with Gasteiger partial charge in [0, 0.05) is 0 Å². The maximum Gasteiger partial charge on any atom is 0.435 e. The summed E-state index contributed by atoms with van der Waals surface area (Å²) in [7, 11) is 0. The van der Waals surface area contributed by atoms with Crippen LogP contribution in [0.2, 0.25) is 0 Å². The number of hydrogen-bond donors (Lipinski definition) is 0. The van der Waals surface area contributed by atoms with Gasteiger partial charge in [0.25, 0.3) is 0 Å². The van der Waals surface area contributed by atoms with Crippen LogP contribution in [0, 0.1) is 0 Å². The van der Waals surface area contributed by atoms with Crippen LogP contribution in [-0.4, -0.2) is 33.4 Å². The van der Waals surface area contributed by atoms with Crippen molar-refractivity contribution in [3.63, 3.8) is 0 Å². The molecule has 6 nitrogen and oxygen atoms in total. The average Bonchev–Trinajstić information content (AvgIpc) is 3.06. The predicted molar refractivity (Wildman–Crippen MR) is 69.4 cm³/mol. The van der Waals surface area contributed by atoms with Crippen molar-refractivity contribution < 1.29 is 27.5 Å². The molecule has 0 unspecified atom stereocenters. The van der Waals surface area contributed by atoms with Gasteiger partial charge in [-0.15, -0.1) is 16.4 Å². The van der Waals surface area contributed by atoms with E-state index in [2.05, 4.69) is 15.0 Å². The molecule has 0 aliphatic carbocycles. The molecule has 2 heterocycles. The van der Waals surface area contributed by atoms with Gasteiger partial charge in [0.2, 0.25) is 5.78 Å². The molecule has 0 atom stereocenters. The third-order valence-corrected chi connectivity index (χ3v) is 3.42. The maximum absolute atomic E-state index is 13.2. The molecule has 2 rings (SSSR count). The summed E-state index contributed by atoms with van der Waals surface area (Å²) in [6.07, 6.45) is -4.88. The highest BCUT2D eigenvalue weighted by atomic mass is 32.1. The van der Waals surface area contributed by atoms with E-state index in [-0.39, 0.29) is 11.5 Å². The molecule has 0 amide bonds. The summed E-state index contributed by atoms with van der Waals surface area (Å²) in [6, 6.07) is 2.92. The number of ether oxygens (including phenoxy) is 1. The lowest BCUT2D eigenvalue weighted by Crippen LogP contribution is -2.22. The number of nitrogens with zero attached hydrogens (tertiary/aromatic N) is 3. The van der Waals surface area contributed by atoms with Gasteiger partial charge < -0.3 is 4.74 Å². The van der Waals surface area contributed by atoms with Crippen LogP contribution in [0.15, 0.2) is 17.5 Å². The number of carbonyl (C=O) groups excluding carboxylic acids is 2. The van der Waals surface area contributed by atoms with E-state index in [1.807, 2.05) is 0 Å². The second kappa shape index (κ2) is 6.26. The zero-order valence-electron chi connectivity index (χ0n) is 11.3. The lowest BCUT2D eigenvalue weighted by Gasteiger charge is -2.10. The first-order valence-electron chi connectivity index (χ1n) is 6.09. The summed E-state index contributed by atoms with van der Waals surface area (Å²) in [6.45, 7) is 0.777. The van der Waals surface area contributed by atoms with Gasteiger partial charge in [-0.3, -0.25) is 9.59 Å². The molecule has 118 valence electrons. The minimum absolute atomic E-state index is 0.0237. The molecule has 0 fully saturated rings. The third-order valence-electron chi connectivity index (χ3n) is 2.55. The predicted octanol–water partition coefficient (Wildman–Crippen LogP) is 2.15. The molecule has 0 bridgehead atoms. The van der Waals surface area contributed by atoms with Crippen molar-refractivity contribution in [2.45, 2.75) is 19.6 Å². The fourth-order valence-electron chi connectivity index (χ4n) is 1.71. The maximum atomic E-state index is 13.2. The van der Waals surface area contributed by atoms with Crippen LogP contribution < -0.4 is 0 Å². The highest BCUT2D eigenvalue weighted by Crippen LogP contribution is 2.32. The van der Waals surface area contributed by atoms with E-state index in [0.717, 1.165) is 11.3 Å². The van der Waals surface area contributed by atoms with Gasteiger partial charge in [0.05, 0.1) is 11.5 Å². The summed E-state index contributed by atoms with van der Waals surface area (Å²) in [5.74, 6) is -1.79. The van der Waals surface area contributed by atoms with E-state index >= 15 is 0 Å². The van der Waals surface area contributed by atoms with E-state index in [1.54, 1.807) is 5.38 Å². The van der Waals surface area contributed by atoms with Crippen LogP contribution in [0.25, 0.3) is 0 Å². The number of alkyl halides is 3. The Morgan fingerprint density at radius 1 is 1.41 bits per heavy atom. The van der Waals surface area contributed by atoms with Gasteiger partial charge in [-0.25, -0.2) is 4.68 Å². The summed E-state index contributed by atoms with van der Waals surface area (Å²) >= 11 is 0.991. The molecule has 2 aromatic rings. The zero-order chi connectivity index (χ0) is 16.3. The molecule has 0 N–H and O–H groups in total. The molecule has 2 aromatic heterocycles. The van der Waals surface area contributed by atoms with Gasteiger partial charge >= 0.3 is 12.1 Å². The molecule has 0 saturated carbocycles. The average molecular weight is 333 g/mol. The quantitative estimate of drug-likeness (QED) is 0.619. The fraction of sp³-hybridized carbons (Fsp3) is 0.333. The van der Waals surface area contributed by atoms with E-state index in [0.29, 0.717) is 4.68 Å². The number of aromatic nitrogens is 3. The van der Waals surface area contributed by atoms with Crippen molar-refractivity contribution in [2.75, 3.05) is 6.61 Å². The van der Waals surface area contributed by atoms with Crippen molar-refractivity contribution >= 4 is 23.1 Å². The van der Waals surface area contributed by atoms with E-state index in [9.17, 15) is 22.8 Å². The van der Waals surface area contributed by atoms with Crippen LogP contribution in [0.5, 0.6) is 0 Å². The Bertz CT molecular complexity index is 680. The number of hydrogen-bond acceptors (Lipinski definition) is 6. The number of rotatable bonds is 5. The smallest absolute Gasteiger partial charge is 0.435 e. The molecule has 0 saturated heterocycles. The number of halogens is 3. The van der Waals surface area contributed by atoms with Crippen molar-refractivity contribution in [1.82, 2.24) is 15.0 Å². The summed E-state index contributed by atoms with van der Waals surface area (Å²) in [5.41, 5.74) is -2.20. The largest absolute Gasteiger partial charge is 0.465 e. The number of carbonyl (C=O) groups is 2. The van der Waals surface area contributed by atoms with Gasteiger partial charge in [-0.2, -0.15) is 13.2 Å². The fourth-order valence-corrected chi connectivity index (χ4v) is 2.38. The summed E-state index contributed by atoms with van der Waals surface area (Å²) in [5, 5.41) is 8.12.